The lowest BCUT2D eigenvalue weighted by atomic mass is 9.81. The van der Waals surface area contributed by atoms with E-state index in [1.54, 1.807) is 12.1 Å². The van der Waals surface area contributed by atoms with Gasteiger partial charge in [0.25, 0.3) is 5.91 Å². The number of nitriles is 1. The summed E-state index contributed by atoms with van der Waals surface area (Å²) in [7, 11) is 0. The van der Waals surface area contributed by atoms with Crippen molar-refractivity contribution >= 4 is 5.91 Å². The van der Waals surface area contributed by atoms with E-state index >= 15 is 0 Å². The molecule has 0 spiro atoms. The van der Waals surface area contributed by atoms with Crippen LogP contribution in [0.1, 0.15) is 41.6 Å². The SMILES string of the molecule is CC1(C(C#N)NC(=O)c2ccc(C3CC3)c(OCCF)c2)COC1. The first kappa shape index (κ1) is 16.7. The number of nitrogens with zero attached hydrogens (tertiary/aromatic N) is 1. The molecule has 2 fully saturated rings. The molecule has 1 saturated heterocycles. The Bertz CT molecular complexity index is 663. The van der Waals surface area contributed by atoms with Gasteiger partial charge in [0.15, 0.2) is 0 Å². The molecule has 128 valence electrons. The van der Waals surface area contributed by atoms with E-state index in [-0.39, 0.29) is 17.9 Å². The second-order valence-electron chi connectivity index (χ2n) is 6.75. The minimum Gasteiger partial charge on any atom is -0.491 e. The number of alkyl halides is 1. The van der Waals surface area contributed by atoms with Gasteiger partial charge in [-0.05, 0) is 36.5 Å². The Hall–Kier alpha value is -2.13. The number of benzene rings is 1. The molecule has 1 atom stereocenters. The number of halogens is 1. The Morgan fingerprint density at radius 1 is 1.54 bits per heavy atom. The fourth-order valence-electron chi connectivity index (χ4n) is 2.85. The van der Waals surface area contributed by atoms with Crippen LogP contribution in [0.3, 0.4) is 0 Å². The van der Waals surface area contributed by atoms with Crippen LogP contribution in [0.2, 0.25) is 0 Å². The van der Waals surface area contributed by atoms with Crippen molar-refractivity contribution in [2.75, 3.05) is 26.5 Å². The first-order valence-corrected chi connectivity index (χ1v) is 8.18. The van der Waals surface area contributed by atoms with E-state index in [1.807, 2.05) is 13.0 Å². The summed E-state index contributed by atoms with van der Waals surface area (Å²) in [5.74, 6) is 0.672. The van der Waals surface area contributed by atoms with Gasteiger partial charge in [0.1, 0.15) is 25.1 Å². The number of carbonyl (C=O) groups is 1. The van der Waals surface area contributed by atoms with Gasteiger partial charge >= 0.3 is 0 Å². The first-order valence-electron chi connectivity index (χ1n) is 8.18. The Kier molecular flexibility index (Phi) is 4.72. The van der Waals surface area contributed by atoms with Crippen LogP contribution in [-0.4, -0.2) is 38.4 Å². The molecule has 1 aromatic rings. The van der Waals surface area contributed by atoms with Crippen LogP contribution in [0.4, 0.5) is 4.39 Å². The van der Waals surface area contributed by atoms with Crippen molar-refractivity contribution in [3.05, 3.63) is 29.3 Å². The molecule has 1 aliphatic carbocycles. The van der Waals surface area contributed by atoms with E-state index in [4.69, 9.17) is 9.47 Å². The molecule has 1 heterocycles. The molecule has 1 saturated carbocycles. The van der Waals surface area contributed by atoms with Crippen LogP contribution in [-0.2, 0) is 4.74 Å². The van der Waals surface area contributed by atoms with Gasteiger partial charge < -0.3 is 14.8 Å². The Morgan fingerprint density at radius 2 is 2.29 bits per heavy atom. The topological polar surface area (TPSA) is 71.4 Å². The third-order valence-electron chi connectivity index (χ3n) is 4.59. The zero-order valence-corrected chi connectivity index (χ0v) is 13.7. The van der Waals surface area contributed by atoms with Gasteiger partial charge in [0.05, 0.1) is 19.3 Å². The van der Waals surface area contributed by atoms with Crippen LogP contribution >= 0.6 is 0 Å². The highest BCUT2D eigenvalue weighted by Gasteiger charge is 2.42. The van der Waals surface area contributed by atoms with Gasteiger partial charge in [0.2, 0.25) is 0 Å². The third-order valence-corrected chi connectivity index (χ3v) is 4.59. The molecule has 1 aliphatic heterocycles. The van der Waals surface area contributed by atoms with Crippen molar-refractivity contribution in [2.24, 2.45) is 5.41 Å². The zero-order valence-electron chi connectivity index (χ0n) is 13.7. The van der Waals surface area contributed by atoms with Crippen LogP contribution in [0.5, 0.6) is 5.75 Å². The second kappa shape index (κ2) is 6.78. The van der Waals surface area contributed by atoms with Gasteiger partial charge in [-0.15, -0.1) is 0 Å². The molecule has 0 radical (unpaired) electrons. The summed E-state index contributed by atoms with van der Waals surface area (Å²) in [5.41, 5.74) is 1.08. The molecule has 1 amide bonds. The predicted octanol–water partition coefficient (Wildman–Crippen LogP) is 2.57. The molecule has 2 aliphatic rings. The lowest BCUT2D eigenvalue weighted by Gasteiger charge is -2.41. The summed E-state index contributed by atoms with van der Waals surface area (Å²) in [5, 5.41) is 12.1. The monoisotopic (exact) mass is 332 g/mol. The Balaban J connectivity index is 1.75. The van der Waals surface area contributed by atoms with E-state index in [9.17, 15) is 14.4 Å². The maximum atomic E-state index is 12.5. The Morgan fingerprint density at radius 3 is 2.83 bits per heavy atom. The fourth-order valence-corrected chi connectivity index (χ4v) is 2.85. The van der Waals surface area contributed by atoms with Gasteiger partial charge in [-0.25, -0.2) is 4.39 Å². The highest BCUT2D eigenvalue weighted by molar-refractivity contribution is 5.95. The first-order chi connectivity index (χ1) is 11.6. The number of rotatable bonds is 7. The molecular weight excluding hydrogens is 311 g/mol. The second-order valence-corrected chi connectivity index (χ2v) is 6.75. The van der Waals surface area contributed by atoms with E-state index < -0.39 is 12.7 Å². The number of carbonyl (C=O) groups excluding carboxylic acids is 1. The van der Waals surface area contributed by atoms with E-state index in [0.717, 1.165) is 18.4 Å². The smallest absolute Gasteiger partial charge is 0.252 e. The van der Waals surface area contributed by atoms with E-state index in [2.05, 4.69) is 11.4 Å². The minimum atomic E-state index is -0.614. The van der Waals surface area contributed by atoms with Crippen molar-refractivity contribution in [1.82, 2.24) is 5.32 Å². The van der Waals surface area contributed by atoms with Crippen molar-refractivity contribution in [3.8, 4) is 11.8 Å². The van der Waals surface area contributed by atoms with Crippen molar-refractivity contribution in [2.45, 2.75) is 31.7 Å². The highest BCUT2D eigenvalue weighted by Crippen LogP contribution is 2.44. The lowest BCUT2D eigenvalue weighted by Crippen LogP contribution is -2.55. The molecule has 0 bridgehead atoms. The van der Waals surface area contributed by atoms with Gasteiger partial charge in [-0.2, -0.15) is 5.26 Å². The summed E-state index contributed by atoms with van der Waals surface area (Å²) in [6.07, 6.45) is 2.18. The number of hydrogen-bond donors (Lipinski definition) is 1. The number of amides is 1. The van der Waals surface area contributed by atoms with Crippen molar-refractivity contribution in [1.29, 1.82) is 5.26 Å². The third kappa shape index (κ3) is 3.36. The van der Waals surface area contributed by atoms with Crippen LogP contribution < -0.4 is 10.1 Å². The molecule has 6 heteroatoms. The van der Waals surface area contributed by atoms with Crippen molar-refractivity contribution < 1.29 is 18.7 Å². The van der Waals surface area contributed by atoms with Crippen molar-refractivity contribution in [3.63, 3.8) is 0 Å². The van der Waals surface area contributed by atoms with Crippen LogP contribution in [0.25, 0.3) is 0 Å². The summed E-state index contributed by atoms with van der Waals surface area (Å²) in [6, 6.07) is 6.78. The van der Waals surface area contributed by atoms with Crippen LogP contribution in [0, 0.1) is 16.7 Å². The molecular formula is C18H21FN2O3. The molecule has 1 aromatic carbocycles. The maximum absolute atomic E-state index is 12.5. The largest absolute Gasteiger partial charge is 0.491 e. The quantitative estimate of drug-likeness (QED) is 0.833. The van der Waals surface area contributed by atoms with Crippen LogP contribution in [0.15, 0.2) is 18.2 Å². The summed E-state index contributed by atoms with van der Waals surface area (Å²) in [6.45, 7) is 2.22. The average molecular weight is 332 g/mol. The van der Waals surface area contributed by atoms with Gasteiger partial charge in [-0.3, -0.25) is 4.79 Å². The molecule has 5 nitrogen and oxygen atoms in total. The molecule has 1 N–H and O–H groups in total. The summed E-state index contributed by atoms with van der Waals surface area (Å²) >= 11 is 0. The number of nitrogens with one attached hydrogen (secondary N) is 1. The predicted molar refractivity (Wildman–Crippen MR) is 85.7 cm³/mol. The standard InChI is InChI=1S/C18H21FN2O3/c1-18(10-23-11-18)16(9-20)21-17(22)13-4-5-14(12-2-3-12)15(8-13)24-7-6-19/h4-5,8,12,16H,2-3,6-7,10-11H2,1H3,(H,21,22). The maximum Gasteiger partial charge on any atom is 0.252 e. The van der Waals surface area contributed by atoms with E-state index in [1.165, 1.54) is 0 Å². The Labute approximate surface area is 140 Å². The lowest BCUT2D eigenvalue weighted by molar-refractivity contribution is -0.110. The molecule has 24 heavy (non-hydrogen) atoms. The number of ether oxygens (including phenoxy) is 2. The fraction of sp³-hybridized carbons (Fsp3) is 0.556. The van der Waals surface area contributed by atoms with Gasteiger partial charge in [0, 0.05) is 11.0 Å². The van der Waals surface area contributed by atoms with Gasteiger partial charge in [-0.1, -0.05) is 13.0 Å². The average Bonchev–Trinajstić information content (AvgIpc) is 3.40. The highest BCUT2D eigenvalue weighted by atomic mass is 19.1. The van der Waals surface area contributed by atoms with E-state index in [0.29, 0.717) is 30.4 Å². The molecule has 1 unspecified atom stereocenters. The molecule has 0 aromatic heterocycles. The summed E-state index contributed by atoms with van der Waals surface area (Å²) < 4.78 is 23.1. The summed E-state index contributed by atoms with van der Waals surface area (Å²) in [4.78, 5) is 12.5. The zero-order chi connectivity index (χ0) is 17.2. The molecule has 3 rings (SSSR count). The minimum absolute atomic E-state index is 0.0268. The normalized spacial score (nSPS) is 19.7. The number of hydrogen-bond acceptors (Lipinski definition) is 4.